The zero-order valence-electron chi connectivity index (χ0n) is 12.3. The lowest BCUT2D eigenvalue weighted by Gasteiger charge is -2.09. The molecule has 0 unspecified atom stereocenters. The van der Waals surface area contributed by atoms with E-state index in [1.54, 1.807) is 0 Å². The van der Waals surface area contributed by atoms with Crippen LogP contribution in [0.2, 0.25) is 0 Å². The molecule has 0 spiro atoms. The van der Waals surface area contributed by atoms with E-state index in [4.69, 9.17) is 0 Å². The number of hydrogen-bond acceptors (Lipinski definition) is 2. The van der Waals surface area contributed by atoms with Gasteiger partial charge in [0.15, 0.2) is 0 Å². The molecule has 1 aromatic carbocycles. The highest BCUT2D eigenvalue weighted by Crippen LogP contribution is 2.26. The normalized spacial score (nSPS) is 10.9. The van der Waals surface area contributed by atoms with Gasteiger partial charge >= 0.3 is 0 Å². The van der Waals surface area contributed by atoms with Gasteiger partial charge in [0.25, 0.3) is 0 Å². The summed E-state index contributed by atoms with van der Waals surface area (Å²) in [6.07, 6.45) is 3.12. The van der Waals surface area contributed by atoms with Crippen LogP contribution in [0.15, 0.2) is 24.4 Å². The van der Waals surface area contributed by atoms with Gasteiger partial charge in [0.2, 0.25) is 0 Å². The first kappa shape index (κ1) is 13.8. The fourth-order valence-corrected chi connectivity index (χ4v) is 2.31. The van der Waals surface area contributed by atoms with Gasteiger partial charge in [-0.25, -0.2) is 0 Å². The molecule has 0 atom stereocenters. The molecule has 102 valence electrons. The molecule has 19 heavy (non-hydrogen) atoms. The second kappa shape index (κ2) is 6.02. The number of aryl methyl sites for hydroxylation is 2. The van der Waals surface area contributed by atoms with Gasteiger partial charge in [0.05, 0.1) is 6.20 Å². The number of aromatic nitrogens is 2. The third-order valence-corrected chi connectivity index (χ3v) is 3.57. The van der Waals surface area contributed by atoms with Crippen LogP contribution in [0.4, 0.5) is 0 Å². The van der Waals surface area contributed by atoms with Crippen LogP contribution >= 0.6 is 0 Å². The molecule has 1 heterocycles. The van der Waals surface area contributed by atoms with Crippen LogP contribution in [-0.2, 0) is 13.6 Å². The number of nitrogens with zero attached hydrogens (tertiary/aromatic N) is 2. The Bertz CT molecular complexity index is 555. The topological polar surface area (TPSA) is 29.9 Å². The van der Waals surface area contributed by atoms with Crippen LogP contribution < -0.4 is 5.32 Å². The van der Waals surface area contributed by atoms with Crippen LogP contribution in [-0.4, -0.2) is 16.3 Å². The van der Waals surface area contributed by atoms with Crippen molar-refractivity contribution in [2.45, 2.75) is 33.7 Å². The highest BCUT2D eigenvalue weighted by Gasteiger charge is 2.09. The van der Waals surface area contributed by atoms with Crippen LogP contribution in [0.5, 0.6) is 0 Å². The molecule has 1 aromatic heterocycles. The molecular weight excluding hydrogens is 234 g/mol. The molecule has 0 radical (unpaired) electrons. The van der Waals surface area contributed by atoms with Crippen LogP contribution in [0.3, 0.4) is 0 Å². The van der Waals surface area contributed by atoms with Gasteiger partial charge in [-0.3, -0.25) is 4.68 Å². The molecule has 0 amide bonds. The summed E-state index contributed by atoms with van der Waals surface area (Å²) in [5.41, 5.74) is 6.38. The first-order valence-corrected chi connectivity index (χ1v) is 6.92. The van der Waals surface area contributed by atoms with E-state index in [1.807, 2.05) is 17.9 Å². The van der Waals surface area contributed by atoms with Crippen molar-refractivity contribution in [2.75, 3.05) is 6.54 Å². The third-order valence-electron chi connectivity index (χ3n) is 3.57. The minimum Gasteiger partial charge on any atom is -0.313 e. The number of nitrogens with one attached hydrogen (secondary N) is 1. The molecule has 0 aliphatic heterocycles. The molecule has 2 rings (SSSR count). The first-order valence-electron chi connectivity index (χ1n) is 6.92. The average molecular weight is 257 g/mol. The summed E-state index contributed by atoms with van der Waals surface area (Å²) in [5, 5.41) is 7.76. The lowest BCUT2D eigenvalue weighted by Crippen LogP contribution is -2.13. The second-order valence-corrected chi connectivity index (χ2v) is 5.09. The molecule has 0 aliphatic rings. The number of benzene rings is 1. The molecule has 1 N–H and O–H groups in total. The van der Waals surface area contributed by atoms with E-state index >= 15 is 0 Å². The Morgan fingerprint density at radius 2 is 2.00 bits per heavy atom. The van der Waals surface area contributed by atoms with Gasteiger partial charge < -0.3 is 5.32 Å². The Balaban J connectivity index is 2.22. The van der Waals surface area contributed by atoms with Crippen molar-refractivity contribution < 1.29 is 0 Å². The van der Waals surface area contributed by atoms with Gasteiger partial charge in [-0.2, -0.15) is 5.10 Å². The van der Waals surface area contributed by atoms with E-state index in [1.165, 1.54) is 34.4 Å². The lowest BCUT2D eigenvalue weighted by atomic mass is 9.99. The monoisotopic (exact) mass is 257 g/mol. The lowest BCUT2D eigenvalue weighted by molar-refractivity contribution is 0.675. The smallest absolute Gasteiger partial charge is 0.0571 e. The van der Waals surface area contributed by atoms with Crippen LogP contribution in [0.25, 0.3) is 11.1 Å². The summed E-state index contributed by atoms with van der Waals surface area (Å²) in [7, 11) is 1.98. The molecule has 0 saturated heterocycles. The Labute approximate surface area is 115 Å². The van der Waals surface area contributed by atoms with Crippen LogP contribution in [0, 0.1) is 13.8 Å². The van der Waals surface area contributed by atoms with Crippen molar-refractivity contribution in [3.63, 3.8) is 0 Å². The van der Waals surface area contributed by atoms with Gasteiger partial charge in [0.1, 0.15) is 0 Å². The maximum Gasteiger partial charge on any atom is 0.0571 e. The summed E-state index contributed by atoms with van der Waals surface area (Å²) < 4.78 is 1.92. The minimum atomic E-state index is 0.945. The zero-order valence-corrected chi connectivity index (χ0v) is 12.3. The Kier molecular flexibility index (Phi) is 4.38. The Morgan fingerprint density at radius 3 is 2.58 bits per heavy atom. The molecule has 3 nitrogen and oxygen atoms in total. The van der Waals surface area contributed by atoms with E-state index in [0.717, 1.165) is 13.1 Å². The average Bonchev–Trinajstić information content (AvgIpc) is 2.71. The molecule has 2 aromatic rings. The molecule has 0 fully saturated rings. The highest BCUT2D eigenvalue weighted by molar-refractivity contribution is 5.69. The van der Waals surface area contributed by atoms with Crippen molar-refractivity contribution in [1.82, 2.24) is 15.1 Å². The summed E-state index contributed by atoms with van der Waals surface area (Å²) in [6.45, 7) is 8.49. The summed E-state index contributed by atoms with van der Waals surface area (Å²) in [5.74, 6) is 0. The summed E-state index contributed by atoms with van der Waals surface area (Å²) in [4.78, 5) is 0. The maximum absolute atomic E-state index is 4.32. The van der Waals surface area contributed by atoms with Gasteiger partial charge in [0, 0.05) is 24.8 Å². The SMILES string of the molecule is CCCNCc1ccc(-c2cnn(C)c2C)c(C)c1. The number of rotatable bonds is 5. The predicted octanol–water partition coefficient (Wildman–Crippen LogP) is 3.20. The fourth-order valence-electron chi connectivity index (χ4n) is 2.31. The zero-order chi connectivity index (χ0) is 13.8. The van der Waals surface area contributed by atoms with E-state index in [2.05, 4.69) is 49.4 Å². The van der Waals surface area contributed by atoms with E-state index in [-0.39, 0.29) is 0 Å². The Hall–Kier alpha value is -1.61. The summed E-state index contributed by atoms with van der Waals surface area (Å²) in [6, 6.07) is 6.68. The first-order chi connectivity index (χ1) is 9.13. The van der Waals surface area contributed by atoms with Crippen molar-refractivity contribution in [3.8, 4) is 11.1 Å². The van der Waals surface area contributed by atoms with Gasteiger partial charge in [-0.05, 0) is 43.5 Å². The molecule has 0 aliphatic carbocycles. The fraction of sp³-hybridized carbons (Fsp3) is 0.438. The van der Waals surface area contributed by atoms with Crippen molar-refractivity contribution in [2.24, 2.45) is 7.05 Å². The largest absolute Gasteiger partial charge is 0.313 e. The van der Waals surface area contributed by atoms with E-state index in [9.17, 15) is 0 Å². The Morgan fingerprint density at radius 1 is 1.21 bits per heavy atom. The highest BCUT2D eigenvalue weighted by atomic mass is 15.3. The number of hydrogen-bond donors (Lipinski definition) is 1. The quantitative estimate of drug-likeness (QED) is 0.834. The predicted molar refractivity (Wildman–Crippen MR) is 80.1 cm³/mol. The van der Waals surface area contributed by atoms with Crippen molar-refractivity contribution in [1.29, 1.82) is 0 Å². The standard InChI is InChI=1S/C16H23N3/c1-5-8-17-10-14-6-7-15(12(2)9-14)16-11-18-19(4)13(16)3/h6-7,9,11,17H,5,8,10H2,1-4H3. The molecule has 0 saturated carbocycles. The maximum atomic E-state index is 4.32. The molecule has 3 heteroatoms. The van der Waals surface area contributed by atoms with Gasteiger partial charge in [-0.1, -0.05) is 25.1 Å². The van der Waals surface area contributed by atoms with Gasteiger partial charge in [-0.15, -0.1) is 0 Å². The van der Waals surface area contributed by atoms with Crippen molar-refractivity contribution >= 4 is 0 Å². The van der Waals surface area contributed by atoms with Crippen LogP contribution in [0.1, 0.15) is 30.2 Å². The van der Waals surface area contributed by atoms with E-state index < -0.39 is 0 Å². The summed E-state index contributed by atoms with van der Waals surface area (Å²) >= 11 is 0. The molecule has 0 bridgehead atoms. The van der Waals surface area contributed by atoms with E-state index in [0.29, 0.717) is 0 Å². The second-order valence-electron chi connectivity index (χ2n) is 5.09. The minimum absolute atomic E-state index is 0.945. The van der Waals surface area contributed by atoms with Crippen molar-refractivity contribution in [3.05, 3.63) is 41.2 Å². The third kappa shape index (κ3) is 3.04. The molecular formula is C16H23N3.